The van der Waals surface area contributed by atoms with Crippen LogP contribution in [0.5, 0.6) is 0 Å². The standard InChI is InChI=1S/C19H16N2O/c1-13-7-9-15(10-8-13)11-12-18(22)19-14(2)20-16-5-3-4-6-17(16)21-19/h3-12H,1-2H3/b12-11+. The molecule has 0 fully saturated rings. The second-order valence-electron chi connectivity index (χ2n) is 5.25. The molecule has 0 N–H and O–H groups in total. The molecule has 0 aliphatic carbocycles. The summed E-state index contributed by atoms with van der Waals surface area (Å²) in [6, 6.07) is 15.6. The van der Waals surface area contributed by atoms with Crippen molar-refractivity contribution in [2.24, 2.45) is 0 Å². The second-order valence-corrected chi connectivity index (χ2v) is 5.25. The number of carbonyl (C=O) groups excluding carboxylic acids is 1. The lowest BCUT2D eigenvalue weighted by atomic mass is 10.1. The van der Waals surface area contributed by atoms with E-state index in [1.54, 1.807) is 12.2 Å². The second kappa shape index (κ2) is 5.90. The molecule has 0 bridgehead atoms. The Morgan fingerprint density at radius 1 is 0.909 bits per heavy atom. The van der Waals surface area contributed by atoms with Gasteiger partial charge in [0.1, 0.15) is 5.69 Å². The van der Waals surface area contributed by atoms with Gasteiger partial charge in [-0.2, -0.15) is 0 Å². The molecule has 3 rings (SSSR count). The smallest absolute Gasteiger partial charge is 0.206 e. The number of hydrogen-bond acceptors (Lipinski definition) is 3. The van der Waals surface area contributed by atoms with Gasteiger partial charge in [0.15, 0.2) is 0 Å². The number of aromatic nitrogens is 2. The van der Waals surface area contributed by atoms with Crippen molar-refractivity contribution in [2.75, 3.05) is 0 Å². The fraction of sp³-hybridized carbons (Fsp3) is 0.105. The highest BCUT2D eigenvalue weighted by Gasteiger charge is 2.10. The molecule has 0 aliphatic rings. The van der Waals surface area contributed by atoms with Crippen molar-refractivity contribution in [2.45, 2.75) is 13.8 Å². The van der Waals surface area contributed by atoms with Crippen molar-refractivity contribution in [3.8, 4) is 0 Å². The van der Waals surface area contributed by atoms with Crippen molar-refractivity contribution < 1.29 is 4.79 Å². The highest BCUT2D eigenvalue weighted by Crippen LogP contribution is 2.14. The normalized spacial score (nSPS) is 11.2. The summed E-state index contributed by atoms with van der Waals surface area (Å²) < 4.78 is 0. The highest BCUT2D eigenvalue weighted by molar-refractivity contribution is 6.06. The molecule has 0 radical (unpaired) electrons. The zero-order valence-corrected chi connectivity index (χ0v) is 12.6. The molecule has 1 aromatic heterocycles. The summed E-state index contributed by atoms with van der Waals surface area (Å²) in [5.74, 6) is -0.128. The van der Waals surface area contributed by atoms with Crippen LogP contribution in [0.25, 0.3) is 17.1 Å². The summed E-state index contributed by atoms with van der Waals surface area (Å²) in [6.07, 6.45) is 3.36. The topological polar surface area (TPSA) is 42.9 Å². The molecular formula is C19H16N2O. The first-order valence-corrected chi connectivity index (χ1v) is 7.16. The van der Waals surface area contributed by atoms with E-state index in [9.17, 15) is 4.79 Å². The fourth-order valence-corrected chi connectivity index (χ4v) is 2.25. The van der Waals surface area contributed by atoms with E-state index in [0.29, 0.717) is 11.4 Å². The van der Waals surface area contributed by atoms with Crippen LogP contribution < -0.4 is 0 Å². The van der Waals surface area contributed by atoms with Crippen LogP contribution in [-0.4, -0.2) is 15.8 Å². The fourth-order valence-electron chi connectivity index (χ4n) is 2.25. The Kier molecular flexibility index (Phi) is 3.79. The van der Waals surface area contributed by atoms with Gasteiger partial charge in [0, 0.05) is 0 Å². The molecule has 2 aromatic carbocycles. The SMILES string of the molecule is Cc1ccc(/C=C/C(=O)c2nc3ccccc3nc2C)cc1. The van der Waals surface area contributed by atoms with Gasteiger partial charge in [-0.25, -0.2) is 9.97 Å². The predicted molar refractivity (Wildman–Crippen MR) is 88.8 cm³/mol. The van der Waals surface area contributed by atoms with Crippen molar-refractivity contribution in [1.29, 1.82) is 0 Å². The minimum Gasteiger partial charge on any atom is -0.287 e. The summed E-state index contributed by atoms with van der Waals surface area (Å²) >= 11 is 0. The average Bonchev–Trinajstić information content (AvgIpc) is 2.53. The Hall–Kier alpha value is -2.81. The first-order valence-electron chi connectivity index (χ1n) is 7.16. The number of hydrogen-bond donors (Lipinski definition) is 0. The number of benzene rings is 2. The van der Waals surface area contributed by atoms with Gasteiger partial charge >= 0.3 is 0 Å². The van der Waals surface area contributed by atoms with E-state index in [1.165, 1.54) is 5.56 Å². The summed E-state index contributed by atoms with van der Waals surface area (Å²) in [5, 5.41) is 0. The van der Waals surface area contributed by atoms with Crippen LogP contribution >= 0.6 is 0 Å². The predicted octanol–water partition coefficient (Wildman–Crippen LogP) is 4.14. The number of rotatable bonds is 3. The van der Waals surface area contributed by atoms with Crippen LogP contribution in [0.4, 0.5) is 0 Å². The number of para-hydroxylation sites is 2. The molecule has 3 heteroatoms. The number of ketones is 1. The van der Waals surface area contributed by atoms with E-state index >= 15 is 0 Å². The first kappa shape index (κ1) is 14.1. The van der Waals surface area contributed by atoms with Gasteiger partial charge < -0.3 is 0 Å². The van der Waals surface area contributed by atoms with Gasteiger partial charge in [0.2, 0.25) is 5.78 Å². The lowest BCUT2D eigenvalue weighted by Gasteiger charge is -2.03. The molecule has 3 nitrogen and oxygen atoms in total. The Labute approximate surface area is 129 Å². The average molecular weight is 288 g/mol. The van der Waals surface area contributed by atoms with Gasteiger partial charge in [-0.15, -0.1) is 0 Å². The molecule has 3 aromatic rings. The first-order chi connectivity index (χ1) is 10.6. The molecule has 0 saturated heterocycles. The monoisotopic (exact) mass is 288 g/mol. The zero-order chi connectivity index (χ0) is 15.5. The van der Waals surface area contributed by atoms with Gasteiger partial charge in [-0.05, 0) is 37.6 Å². The third kappa shape index (κ3) is 2.93. The van der Waals surface area contributed by atoms with Gasteiger partial charge in [-0.1, -0.05) is 48.0 Å². The van der Waals surface area contributed by atoms with Crippen molar-refractivity contribution in [1.82, 2.24) is 9.97 Å². The Balaban J connectivity index is 1.91. The molecule has 1 heterocycles. The van der Waals surface area contributed by atoms with Crippen LogP contribution in [0.1, 0.15) is 27.3 Å². The van der Waals surface area contributed by atoms with E-state index in [4.69, 9.17) is 0 Å². The van der Waals surface area contributed by atoms with E-state index < -0.39 is 0 Å². The van der Waals surface area contributed by atoms with Crippen molar-refractivity contribution >= 4 is 22.9 Å². The Bertz CT molecular complexity index is 864. The van der Waals surface area contributed by atoms with Gasteiger partial charge in [0.05, 0.1) is 16.7 Å². The summed E-state index contributed by atoms with van der Waals surface area (Å²) in [6.45, 7) is 3.85. The quantitative estimate of drug-likeness (QED) is 0.537. The third-order valence-corrected chi connectivity index (χ3v) is 3.48. The van der Waals surface area contributed by atoms with Crippen LogP contribution in [0.15, 0.2) is 54.6 Å². The molecule has 0 amide bonds. The van der Waals surface area contributed by atoms with Gasteiger partial charge in [0.25, 0.3) is 0 Å². The molecule has 108 valence electrons. The van der Waals surface area contributed by atoms with E-state index in [0.717, 1.165) is 16.6 Å². The largest absolute Gasteiger partial charge is 0.287 e. The van der Waals surface area contributed by atoms with Crippen molar-refractivity contribution in [3.63, 3.8) is 0 Å². The third-order valence-electron chi connectivity index (χ3n) is 3.48. The number of nitrogens with zero attached hydrogens (tertiary/aromatic N) is 2. The summed E-state index contributed by atoms with van der Waals surface area (Å²) in [4.78, 5) is 21.2. The summed E-state index contributed by atoms with van der Waals surface area (Å²) in [5.41, 5.74) is 4.78. The maximum Gasteiger partial charge on any atom is 0.206 e. The molecule has 0 aliphatic heterocycles. The zero-order valence-electron chi connectivity index (χ0n) is 12.6. The van der Waals surface area contributed by atoms with Crippen molar-refractivity contribution in [3.05, 3.63) is 77.1 Å². The molecule has 0 unspecified atom stereocenters. The van der Waals surface area contributed by atoms with E-state index in [1.807, 2.05) is 62.4 Å². The maximum absolute atomic E-state index is 12.4. The molecule has 22 heavy (non-hydrogen) atoms. The highest BCUT2D eigenvalue weighted by atomic mass is 16.1. The van der Waals surface area contributed by atoms with Crippen LogP contribution in [0, 0.1) is 13.8 Å². The van der Waals surface area contributed by atoms with E-state index in [2.05, 4.69) is 9.97 Å². The van der Waals surface area contributed by atoms with Crippen LogP contribution in [0.2, 0.25) is 0 Å². The lowest BCUT2D eigenvalue weighted by molar-refractivity contribution is 0.104. The maximum atomic E-state index is 12.4. The van der Waals surface area contributed by atoms with E-state index in [-0.39, 0.29) is 5.78 Å². The Morgan fingerprint density at radius 3 is 2.23 bits per heavy atom. The van der Waals surface area contributed by atoms with Crippen LogP contribution in [0.3, 0.4) is 0 Å². The molecule has 0 atom stereocenters. The minimum absolute atomic E-state index is 0.128. The Morgan fingerprint density at radius 2 is 1.55 bits per heavy atom. The minimum atomic E-state index is -0.128. The van der Waals surface area contributed by atoms with Crippen LogP contribution in [-0.2, 0) is 0 Å². The number of carbonyl (C=O) groups is 1. The lowest BCUT2D eigenvalue weighted by Crippen LogP contribution is -2.04. The number of fused-ring (bicyclic) bond motifs is 1. The molecule has 0 saturated carbocycles. The number of aryl methyl sites for hydroxylation is 2. The molecular weight excluding hydrogens is 272 g/mol. The van der Waals surface area contributed by atoms with Gasteiger partial charge in [-0.3, -0.25) is 4.79 Å². The molecule has 0 spiro atoms. The number of allylic oxidation sites excluding steroid dienone is 1. The summed E-state index contributed by atoms with van der Waals surface area (Å²) in [7, 11) is 0.